The molecule has 0 bridgehead atoms. The van der Waals surface area contributed by atoms with Crippen LogP contribution in [0.5, 0.6) is 0 Å². The Balaban J connectivity index is 1.62. The van der Waals surface area contributed by atoms with Crippen LogP contribution in [0.2, 0.25) is 13.1 Å². The van der Waals surface area contributed by atoms with Crippen LogP contribution >= 0.6 is 17.0 Å². The zero-order chi connectivity index (χ0) is 37.7. The molecule has 0 saturated heterocycles. The van der Waals surface area contributed by atoms with Gasteiger partial charge in [-0.2, -0.15) is 0 Å². The Labute approximate surface area is 324 Å². The molecule has 4 aromatic rings. The Morgan fingerprint density at radius 1 is 0.538 bits per heavy atom. The molecule has 52 heavy (non-hydrogen) atoms. The van der Waals surface area contributed by atoms with Crippen LogP contribution in [0.25, 0.3) is 34.4 Å². The van der Waals surface area contributed by atoms with Crippen LogP contribution in [-0.2, 0) is 26.4 Å². The average Bonchev–Trinajstić information content (AvgIpc) is 3.68. The molecule has 2 aliphatic rings. The monoisotopic (exact) mass is 825 g/mol. The standard InChI is InChI=1S/2C23H27.C2H7Si.2ClH.Zr/c2*1-5-6-10-17-15-18-11-9-13-19(21(18)16-17)20-12-7-8-14-22(20)23(2,3)4;1-3-2;;;/h2*7-9,11-16H,5-6,10H2,1-4H3;3H,1-2H3;2*1H;/q;;;;;+2/p-2. The molecular formula is C48H61Cl2SiZr. The van der Waals surface area contributed by atoms with Gasteiger partial charge in [-0.05, 0) is 0 Å². The van der Waals surface area contributed by atoms with Crippen LogP contribution in [0, 0.1) is 0 Å². The summed E-state index contributed by atoms with van der Waals surface area (Å²) in [6.45, 7) is 23.6. The van der Waals surface area contributed by atoms with Crippen molar-refractivity contribution in [3.05, 3.63) is 129 Å². The Hall–Kier alpha value is -1.96. The molecular weight excluding hydrogens is 767 g/mol. The first kappa shape index (κ1) is 39.7. The first-order valence-electron chi connectivity index (χ1n) is 20.0. The van der Waals surface area contributed by atoms with Crippen LogP contribution in [0.1, 0.15) is 135 Å². The summed E-state index contributed by atoms with van der Waals surface area (Å²) in [6.07, 6.45) is 11.8. The summed E-state index contributed by atoms with van der Waals surface area (Å²) in [7, 11) is 17.8. The average molecular weight is 828 g/mol. The predicted molar refractivity (Wildman–Crippen MR) is 232 cm³/mol. The molecule has 0 nitrogen and oxygen atoms in total. The molecule has 0 saturated carbocycles. The molecule has 2 atom stereocenters. The van der Waals surface area contributed by atoms with Crippen molar-refractivity contribution in [1.82, 2.24) is 0 Å². The first-order chi connectivity index (χ1) is 24.5. The van der Waals surface area contributed by atoms with E-state index in [-0.39, 0.29) is 18.1 Å². The maximum atomic E-state index is 8.90. The second-order valence-corrected chi connectivity index (χ2v) is 60.6. The zero-order valence-electron chi connectivity index (χ0n) is 33.5. The number of hydrogen-bond donors (Lipinski definition) is 0. The fourth-order valence-electron chi connectivity index (χ4n) is 9.47. The van der Waals surface area contributed by atoms with Crippen molar-refractivity contribution in [3.63, 3.8) is 0 Å². The molecule has 0 fully saturated rings. The SMILES string of the molecule is CCCCC1=Cc2c(-c3ccccc3C(C)(C)C)cccc2[CH]1[Zr]([Cl])([Cl])([CH]1C(CCCC)=Cc2c(-c3ccccc3C(C)(C)C)cccc21)[SiH](C)C. The molecule has 0 N–H and O–H groups in total. The third-order valence-corrected chi connectivity index (χ3v) is 64.0. The van der Waals surface area contributed by atoms with E-state index in [1.807, 2.05) is 0 Å². The number of hydrogen-bond acceptors (Lipinski definition) is 0. The molecule has 0 aromatic heterocycles. The molecule has 0 radical (unpaired) electrons. The van der Waals surface area contributed by atoms with E-state index in [4.69, 9.17) is 17.0 Å². The molecule has 0 heterocycles. The number of halogens is 2. The van der Waals surface area contributed by atoms with Gasteiger partial charge in [-0.1, -0.05) is 0 Å². The van der Waals surface area contributed by atoms with Gasteiger partial charge in [0.15, 0.2) is 0 Å². The van der Waals surface area contributed by atoms with Gasteiger partial charge in [-0.3, -0.25) is 0 Å². The van der Waals surface area contributed by atoms with Gasteiger partial charge in [0.25, 0.3) is 0 Å². The van der Waals surface area contributed by atoms with E-state index in [9.17, 15) is 0 Å². The molecule has 2 unspecified atom stereocenters. The summed E-state index contributed by atoms with van der Waals surface area (Å²) in [4.78, 5) is 0. The third-order valence-electron chi connectivity index (χ3n) is 12.2. The van der Waals surface area contributed by atoms with Gasteiger partial charge in [0, 0.05) is 0 Å². The van der Waals surface area contributed by atoms with E-state index in [1.165, 1.54) is 66.8 Å². The second-order valence-electron chi connectivity index (χ2n) is 18.1. The van der Waals surface area contributed by atoms with Crippen molar-refractivity contribution in [1.29, 1.82) is 0 Å². The van der Waals surface area contributed by atoms with Gasteiger partial charge in [0.1, 0.15) is 0 Å². The molecule has 4 heteroatoms. The normalized spacial score (nSPS) is 18.1. The summed E-state index contributed by atoms with van der Waals surface area (Å²) in [6, 6.07) is 32.1. The van der Waals surface area contributed by atoms with Gasteiger partial charge in [-0.15, -0.1) is 0 Å². The molecule has 0 amide bonds. The minimum atomic E-state index is -4.93. The van der Waals surface area contributed by atoms with Gasteiger partial charge in [-0.25, -0.2) is 0 Å². The molecule has 2 aliphatic carbocycles. The Morgan fingerprint density at radius 3 is 1.25 bits per heavy atom. The third kappa shape index (κ3) is 6.91. The van der Waals surface area contributed by atoms with Crippen molar-refractivity contribution < 1.29 is 15.6 Å². The fourth-order valence-corrected chi connectivity index (χ4v) is 41.0. The van der Waals surface area contributed by atoms with E-state index in [1.54, 1.807) is 0 Å². The summed E-state index contributed by atoms with van der Waals surface area (Å²) < 4.78 is 0.206. The van der Waals surface area contributed by atoms with Crippen LogP contribution in [-0.4, -0.2) is 5.92 Å². The molecule has 0 spiro atoms. The van der Waals surface area contributed by atoms with E-state index in [2.05, 4.69) is 166 Å². The Kier molecular flexibility index (Phi) is 11.4. The van der Waals surface area contributed by atoms with Crippen LogP contribution in [0.15, 0.2) is 96.1 Å². The van der Waals surface area contributed by atoms with Crippen molar-refractivity contribution >= 4 is 35.1 Å². The second kappa shape index (κ2) is 14.9. The van der Waals surface area contributed by atoms with Gasteiger partial charge >= 0.3 is 327 Å². The number of allylic oxidation sites excluding steroid dienone is 2. The molecule has 275 valence electrons. The zero-order valence-corrected chi connectivity index (χ0v) is 38.6. The molecule has 6 rings (SSSR count). The Morgan fingerprint density at radius 2 is 0.904 bits per heavy atom. The molecule has 4 aromatic carbocycles. The predicted octanol–water partition coefficient (Wildman–Crippen LogP) is 15.6. The van der Waals surface area contributed by atoms with E-state index in [0.717, 1.165) is 38.5 Å². The van der Waals surface area contributed by atoms with Gasteiger partial charge in [0.05, 0.1) is 0 Å². The molecule has 0 aliphatic heterocycles. The van der Waals surface area contributed by atoms with E-state index >= 15 is 0 Å². The van der Waals surface area contributed by atoms with Crippen molar-refractivity contribution in [3.8, 4) is 22.3 Å². The van der Waals surface area contributed by atoms with Crippen molar-refractivity contribution in [2.24, 2.45) is 0 Å². The van der Waals surface area contributed by atoms with E-state index in [0.29, 0.717) is 0 Å². The van der Waals surface area contributed by atoms with Crippen molar-refractivity contribution in [2.75, 3.05) is 0 Å². The van der Waals surface area contributed by atoms with Gasteiger partial charge in [0.2, 0.25) is 0 Å². The topological polar surface area (TPSA) is 0 Å². The quantitative estimate of drug-likeness (QED) is 0.132. The minimum absolute atomic E-state index is 0.0237. The van der Waals surface area contributed by atoms with Gasteiger partial charge < -0.3 is 0 Å². The Bertz CT molecular complexity index is 1880. The summed E-state index contributed by atoms with van der Waals surface area (Å²) >= 11 is -4.93. The van der Waals surface area contributed by atoms with Crippen molar-refractivity contribution in [2.45, 2.75) is 125 Å². The number of fused-ring (bicyclic) bond motifs is 2. The number of rotatable bonds is 11. The van der Waals surface area contributed by atoms with Crippen LogP contribution in [0.3, 0.4) is 0 Å². The van der Waals surface area contributed by atoms with Crippen LogP contribution < -0.4 is 0 Å². The number of benzene rings is 4. The van der Waals surface area contributed by atoms with E-state index < -0.39 is 21.5 Å². The first-order valence-corrected chi connectivity index (χ1v) is 36.3. The number of unbranched alkanes of at least 4 members (excludes halogenated alkanes) is 2. The summed E-state index contributed by atoms with van der Waals surface area (Å²) in [5.41, 5.74) is 16.6. The van der Waals surface area contributed by atoms with Crippen LogP contribution in [0.4, 0.5) is 0 Å². The maximum absolute atomic E-state index is 8.90. The summed E-state index contributed by atoms with van der Waals surface area (Å²) in [5, 5.41) is 0. The fraction of sp³-hybridized carbons (Fsp3) is 0.417. The summed E-state index contributed by atoms with van der Waals surface area (Å²) in [5.74, 6) is -1.68.